The highest BCUT2D eigenvalue weighted by molar-refractivity contribution is 7.57. The summed E-state index contributed by atoms with van der Waals surface area (Å²) in [7, 11) is -3.75. The molecule has 0 bridgehead atoms. The van der Waals surface area contributed by atoms with Gasteiger partial charge in [0.2, 0.25) is 0 Å². The van der Waals surface area contributed by atoms with Crippen LogP contribution in [-0.4, -0.2) is 30.9 Å². The number of ether oxygens (including phenoxy) is 2. The van der Waals surface area contributed by atoms with E-state index < -0.39 is 19.5 Å². The zero-order chi connectivity index (χ0) is 26.0. The van der Waals surface area contributed by atoms with Crippen LogP contribution in [0.5, 0.6) is 5.75 Å². The number of benzene rings is 3. The number of para-hydroxylation sites is 1. The third kappa shape index (κ3) is 7.65. The van der Waals surface area contributed by atoms with E-state index in [2.05, 4.69) is 11.3 Å². The number of rotatable bonds is 12. The van der Waals surface area contributed by atoms with E-state index >= 15 is 0 Å². The van der Waals surface area contributed by atoms with Crippen LogP contribution in [0, 0.1) is 0 Å². The van der Waals surface area contributed by atoms with Gasteiger partial charge in [-0.05, 0) is 53.9 Å². The fourth-order valence-corrected chi connectivity index (χ4v) is 5.21. The summed E-state index contributed by atoms with van der Waals surface area (Å²) in [6, 6.07) is 19.4. The number of carbonyl (C=O) groups is 2. The number of fused-ring (bicyclic) bond motifs is 1. The lowest BCUT2D eigenvalue weighted by Crippen LogP contribution is -2.15. The summed E-state index contributed by atoms with van der Waals surface area (Å²) in [6.45, 7) is 7.40. The van der Waals surface area contributed by atoms with Crippen LogP contribution < -0.4 is 4.52 Å². The Balaban J connectivity index is 1.91. The van der Waals surface area contributed by atoms with Crippen LogP contribution in [0.3, 0.4) is 0 Å². The maximum absolute atomic E-state index is 13.9. The van der Waals surface area contributed by atoms with E-state index in [1.807, 2.05) is 37.3 Å². The normalized spacial score (nSPS) is 13.0. The van der Waals surface area contributed by atoms with Gasteiger partial charge >= 0.3 is 19.5 Å². The monoisotopic (exact) mass is 507 g/mol. The van der Waals surface area contributed by atoms with Crippen molar-refractivity contribution >= 4 is 35.9 Å². The molecule has 0 aromatic heterocycles. The molecule has 188 valence electrons. The lowest BCUT2D eigenvalue weighted by molar-refractivity contribution is -0.135. The van der Waals surface area contributed by atoms with Crippen molar-refractivity contribution in [1.82, 2.24) is 0 Å². The fraction of sp³-hybridized carbons (Fsp3) is 0.250. The van der Waals surface area contributed by atoms with Crippen LogP contribution in [0.4, 0.5) is 0 Å². The lowest BCUT2D eigenvalue weighted by atomic mass is 10.0. The van der Waals surface area contributed by atoms with Crippen LogP contribution in [0.15, 0.2) is 84.1 Å². The highest BCUT2D eigenvalue weighted by atomic mass is 31.2. The van der Waals surface area contributed by atoms with Crippen molar-refractivity contribution in [2.45, 2.75) is 32.9 Å². The second-order valence-corrected chi connectivity index (χ2v) is 10.1. The number of esters is 2. The largest absolute Gasteiger partial charge is 0.461 e. The van der Waals surface area contributed by atoms with E-state index in [1.165, 1.54) is 13.0 Å². The molecule has 1 atom stereocenters. The Morgan fingerprint density at radius 3 is 2.47 bits per heavy atom. The van der Waals surface area contributed by atoms with Crippen LogP contribution in [0.2, 0.25) is 0 Å². The maximum atomic E-state index is 13.9. The molecular formula is C28H30NO6P. The fourth-order valence-electron chi connectivity index (χ4n) is 3.39. The standard InChI is InChI=1S/C28H30NO6P/c1-4-6-17-34-27(30)21(3)29-36(32,35-26-10-8-7-9-11-26)20-22-12-13-23-14-15-24(19-25(23)18-22)28(31)33-16-5-2/h5,7-15,18-19H,2,4,6,16-17,20H2,1,3H3/b29-21+. The Labute approximate surface area is 211 Å². The van der Waals surface area contributed by atoms with Gasteiger partial charge < -0.3 is 14.0 Å². The second kappa shape index (κ2) is 12.8. The second-order valence-electron chi connectivity index (χ2n) is 8.16. The summed E-state index contributed by atoms with van der Waals surface area (Å²) < 4.78 is 34.3. The van der Waals surface area contributed by atoms with E-state index in [9.17, 15) is 14.2 Å². The van der Waals surface area contributed by atoms with Crippen LogP contribution in [0.1, 0.15) is 42.6 Å². The molecule has 0 saturated heterocycles. The molecule has 1 unspecified atom stereocenters. The topological polar surface area (TPSA) is 91.3 Å². The first kappa shape index (κ1) is 26.9. The van der Waals surface area contributed by atoms with Gasteiger partial charge in [0.15, 0.2) is 0 Å². The molecule has 0 saturated carbocycles. The van der Waals surface area contributed by atoms with Gasteiger partial charge in [0.25, 0.3) is 0 Å². The molecule has 3 aromatic rings. The van der Waals surface area contributed by atoms with Gasteiger partial charge in [-0.1, -0.05) is 68.5 Å². The van der Waals surface area contributed by atoms with E-state index in [0.717, 1.165) is 23.6 Å². The van der Waals surface area contributed by atoms with Gasteiger partial charge in [-0.2, -0.15) is 4.76 Å². The maximum Gasteiger partial charge on any atom is 0.366 e. The summed E-state index contributed by atoms with van der Waals surface area (Å²) in [6.07, 6.45) is 3.07. The molecule has 0 amide bonds. The highest BCUT2D eigenvalue weighted by Gasteiger charge is 2.27. The van der Waals surface area contributed by atoms with Gasteiger partial charge in [0.1, 0.15) is 18.1 Å². The molecular weight excluding hydrogens is 477 g/mol. The van der Waals surface area contributed by atoms with Crippen molar-refractivity contribution in [2.24, 2.45) is 4.76 Å². The molecule has 36 heavy (non-hydrogen) atoms. The average Bonchev–Trinajstić information content (AvgIpc) is 2.87. The minimum atomic E-state index is -3.75. The van der Waals surface area contributed by atoms with Crippen molar-refractivity contribution in [3.63, 3.8) is 0 Å². The van der Waals surface area contributed by atoms with Crippen LogP contribution in [0.25, 0.3) is 10.8 Å². The number of hydrogen-bond donors (Lipinski definition) is 0. The number of nitrogens with zero attached hydrogens (tertiary/aromatic N) is 1. The van der Waals surface area contributed by atoms with Gasteiger partial charge in [-0.25, -0.2) is 9.59 Å². The molecule has 0 fully saturated rings. The van der Waals surface area contributed by atoms with E-state index in [0.29, 0.717) is 16.9 Å². The van der Waals surface area contributed by atoms with Crippen molar-refractivity contribution in [3.05, 3.63) is 90.5 Å². The molecule has 0 N–H and O–H groups in total. The molecule has 0 aliphatic heterocycles. The number of unbranched alkanes of at least 4 members (excludes halogenated alkanes) is 1. The predicted molar refractivity (Wildman–Crippen MR) is 142 cm³/mol. The predicted octanol–water partition coefficient (Wildman–Crippen LogP) is 6.76. The first-order valence-corrected chi connectivity index (χ1v) is 13.5. The summed E-state index contributed by atoms with van der Waals surface area (Å²) in [5.74, 6) is -0.701. The third-order valence-electron chi connectivity index (χ3n) is 5.18. The quantitative estimate of drug-likeness (QED) is 0.0884. The number of carbonyl (C=O) groups excluding carboxylic acids is 2. The third-order valence-corrected chi connectivity index (χ3v) is 7.04. The van der Waals surface area contributed by atoms with Crippen LogP contribution >= 0.6 is 7.52 Å². The summed E-state index contributed by atoms with van der Waals surface area (Å²) in [4.78, 5) is 24.6. The molecule has 0 spiro atoms. The first-order chi connectivity index (χ1) is 17.3. The molecule has 3 aromatic carbocycles. The minimum Gasteiger partial charge on any atom is -0.461 e. The Bertz CT molecular complexity index is 1300. The Hall–Kier alpha value is -3.70. The molecule has 3 rings (SSSR count). The van der Waals surface area contributed by atoms with Gasteiger partial charge in [-0.3, -0.25) is 4.57 Å². The van der Waals surface area contributed by atoms with Gasteiger partial charge in [-0.15, -0.1) is 0 Å². The summed E-state index contributed by atoms with van der Waals surface area (Å²) in [5.41, 5.74) is 1.06. The molecule has 8 heteroatoms. The molecule has 0 aliphatic rings. The molecule has 0 heterocycles. The van der Waals surface area contributed by atoms with E-state index in [4.69, 9.17) is 14.0 Å². The van der Waals surface area contributed by atoms with E-state index in [1.54, 1.807) is 36.4 Å². The van der Waals surface area contributed by atoms with Gasteiger partial charge in [0, 0.05) is 0 Å². The van der Waals surface area contributed by atoms with E-state index in [-0.39, 0.29) is 25.1 Å². The average molecular weight is 508 g/mol. The van der Waals surface area contributed by atoms with Crippen molar-refractivity contribution in [3.8, 4) is 5.75 Å². The summed E-state index contributed by atoms with van der Waals surface area (Å²) >= 11 is 0. The van der Waals surface area contributed by atoms with Gasteiger partial charge in [0.05, 0.1) is 18.3 Å². The van der Waals surface area contributed by atoms with Crippen molar-refractivity contribution in [1.29, 1.82) is 0 Å². The molecule has 0 aliphatic carbocycles. The van der Waals surface area contributed by atoms with Crippen LogP contribution in [-0.2, 0) is 25.0 Å². The van der Waals surface area contributed by atoms with Crippen molar-refractivity contribution in [2.75, 3.05) is 13.2 Å². The van der Waals surface area contributed by atoms with Crippen molar-refractivity contribution < 1.29 is 28.2 Å². The lowest BCUT2D eigenvalue weighted by Gasteiger charge is -2.17. The highest BCUT2D eigenvalue weighted by Crippen LogP contribution is 2.52. The Morgan fingerprint density at radius 2 is 1.75 bits per heavy atom. The zero-order valence-electron chi connectivity index (χ0n) is 20.5. The Kier molecular flexibility index (Phi) is 9.60. The Morgan fingerprint density at radius 1 is 1.00 bits per heavy atom. The summed E-state index contributed by atoms with van der Waals surface area (Å²) in [5, 5.41) is 1.67. The smallest absolute Gasteiger partial charge is 0.366 e. The SMILES string of the molecule is C=CCOC(=O)c1ccc2ccc(CP(=O)(/N=C(\C)C(=O)OCCCC)Oc3ccccc3)cc2c1. The zero-order valence-corrected chi connectivity index (χ0v) is 21.4. The molecule has 7 nitrogen and oxygen atoms in total. The minimum absolute atomic E-state index is 0.0154. The number of hydrogen-bond acceptors (Lipinski definition) is 6. The molecule has 0 radical (unpaired) electrons. The first-order valence-electron chi connectivity index (χ1n) is 11.7.